The Hall–Kier alpha value is -2.79. The van der Waals surface area contributed by atoms with Gasteiger partial charge in [-0.3, -0.25) is 4.79 Å². The molecule has 162 valence electrons. The van der Waals surface area contributed by atoms with Crippen LogP contribution in [0.15, 0.2) is 52.3 Å². The first-order valence-corrected chi connectivity index (χ1v) is 10.5. The van der Waals surface area contributed by atoms with Crippen LogP contribution in [-0.2, 0) is 19.4 Å². The number of sulfone groups is 1. The molecule has 30 heavy (non-hydrogen) atoms. The van der Waals surface area contributed by atoms with Gasteiger partial charge in [0.15, 0.2) is 6.29 Å². The van der Waals surface area contributed by atoms with Crippen molar-refractivity contribution in [1.82, 2.24) is 0 Å². The molecule has 1 saturated heterocycles. The average Bonchev–Trinajstić information content (AvgIpc) is 2.68. The minimum atomic E-state index is -5.05. The predicted molar refractivity (Wildman–Crippen MR) is 102 cm³/mol. The number of amides is 1. The number of carbonyl (C=O) groups is 1. The Labute approximate surface area is 170 Å². The van der Waals surface area contributed by atoms with Gasteiger partial charge in [-0.2, -0.15) is 13.2 Å². The van der Waals surface area contributed by atoms with E-state index in [9.17, 15) is 26.4 Å². The van der Waals surface area contributed by atoms with Crippen molar-refractivity contribution in [3.63, 3.8) is 0 Å². The maximum Gasteiger partial charge on any atom is 0.471 e. The van der Waals surface area contributed by atoms with Crippen molar-refractivity contribution in [3.8, 4) is 5.75 Å². The van der Waals surface area contributed by atoms with Gasteiger partial charge >= 0.3 is 12.1 Å². The van der Waals surface area contributed by atoms with Crippen LogP contribution in [-0.4, -0.2) is 33.4 Å². The first-order chi connectivity index (χ1) is 14.1. The molecule has 11 heteroatoms. The quantitative estimate of drug-likeness (QED) is 0.684. The van der Waals surface area contributed by atoms with Crippen LogP contribution < -0.4 is 15.8 Å². The maximum absolute atomic E-state index is 13.1. The van der Waals surface area contributed by atoms with E-state index in [1.807, 2.05) is 0 Å². The number of nitrogens with two attached hydrogens (primary N) is 1. The van der Waals surface area contributed by atoms with Crippen molar-refractivity contribution in [2.24, 2.45) is 0 Å². The number of alkyl halides is 3. The molecule has 1 heterocycles. The zero-order valence-electron chi connectivity index (χ0n) is 15.6. The van der Waals surface area contributed by atoms with E-state index >= 15 is 0 Å². The zero-order valence-corrected chi connectivity index (χ0v) is 16.4. The van der Waals surface area contributed by atoms with E-state index in [0.29, 0.717) is 18.7 Å². The minimum absolute atomic E-state index is 0.0244. The Bertz CT molecular complexity index is 1020. The fraction of sp³-hybridized carbons (Fsp3) is 0.316. The molecule has 1 aliphatic heterocycles. The van der Waals surface area contributed by atoms with E-state index in [2.05, 4.69) is 0 Å². The number of nitrogens with one attached hydrogen (secondary N) is 1. The fourth-order valence-electron chi connectivity index (χ4n) is 2.83. The molecule has 2 aromatic carbocycles. The van der Waals surface area contributed by atoms with Crippen molar-refractivity contribution < 1.29 is 35.9 Å². The lowest BCUT2D eigenvalue weighted by atomic mass is 10.2. The lowest BCUT2D eigenvalue weighted by molar-refractivity contribution is -0.167. The third-order valence-corrected chi connectivity index (χ3v) is 6.14. The number of ether oxygens (including phenoxy) is 2. The highest BCUT2D eigenvalue weighted by atomic mass is 32.2. The summed E-state index contributed by atoms with van der Waals surface area (Å²) in [5.74, 6) is -2.13. The molecule has 1 amide bonds. The molecular formula is C19H19F3N2O5S. The second-order valence-corrected chi connectivity index (χ2v) is 8.52. The largest absolute Gasteiger partial charge is 0.471 e. The van der Waals surface area contributed by atoms with E-state index in [4.69, 9.17) is 15.2 Å². The molecule has 0 saturated carbocycles. The van der Waals surface area contributed by atoms with Crippen LogP contribution in [0.25, 0.3) is 0 Å². The maximum atomic E-state index is 13.1. The van der Waals surface area contributed by atoms with Crippen LogP contribution in [0, 0.1) is 0 Å². The minimum Gasteiger partial charge on any atom is -0.463 e. The summed E-state index contributed by atoms with van der Waals surface area (Å²) in [7, 11) is -4.08. The summed E-state index contributed by atoms with van der Waals surface area (Å²) in [5.41, 5.74) is 5.87. The van der Waals surface area contributed by atoms with E-state index in [-0.39, 0.29) is 21.2 Å². The summed E-state index contributed by atoms with van der Waals surface area (Å²) in [6.07, 6.45) is -3.29. The SMILES string of the molecule is Nc1ccc(S(=O)(=O)c2ccc(NC(=O)C(F)(F)F)cc2)c(OC2CCCCO2)c1. The van der Waals surface area contributed by atoms with Crippen LogP contribution >= 0.6 is 0 Å². The third kappa shape index (κ3) is 5.03. The molecule has 1 unspecified atom stereocenters. The van der Waals surface area contributed by atoms with Crippen LogP contribution in [0.1, 0.15) is 19.3 Å². The number of benzene rings is 2. The van der Waals surface area contributed by atoms with Crippen LogP contribution in [0.5, 0.6) is 5.75 Å². The fourth-order valence-corrected chi connectivity index (χ4v) is 4.20. The number of nitrogen functional groups attached to an aromatic ring is 1. The molecule has 1 fully saturated rings. The topological polar surface area (TPSA) is 108 Å². The Morgan fingerprint density at radius 2 is 1.83 bits per heavy atom. The smallest absolute Gasteiger partial charge is 0.463 e. The summed E-state index contributed by atoms with van der Waals surface area (Å²) in [6, 6.07) is 8.40. The molecule has 1 atom stereocenters. The highest BCUT2D eigenvalue weighted by Crippen LogP contribution is 2.33. The van der Waals surface area contributed by atoms with Gasteiger partial charge in [0.1, 0.15) is 10.6 Å². The van der Waals surface area contributed by atoms with Gasteiger partial charge in [-0.1, -0.05) is 0 Å². The van der Waals surface area contributed by atoms with E-state index in [1.54, 1.807) is 5.32 Å². The zero-order chi connectivity index (χ0) is 21.9. The standard InChI is InChI=1S/C19H19F3N2O5S/c20-19(21,22)18(25)24-13-5-7-14(8-6-13)30(26,27)16-9-4-12(23)11-15(16)29-17-3-1-2-10-28-17/h4-9,11,17H,1-3,10,23H2,(H,24,25). The first kappa shape index (κ1) is 21.9. The molecule has 2 aromatic rings. The number of rotatable bonds is 5. The molecule has 0 aliphatic carbocycles. The summed E-state index contributed by atoms with van der Waals surface area (Å²) in [4.78, 5) is 10.7. The number of hydrogen-bond donors (Lipinski definition) is 2. The number of hydrogen-bond acceptors (Lipinski definition) is 6. The van der Waals surface area contributed by atoms with Crippen LogP contribution in [0.4, 0.5) is 24.5 Å². The Kier molecular flexibility index (Phi) is 6.22. The van der Waals surface area contributed by atoms with Crippen molar-refractivity contribution in [3.05, 3.63) is 42.5 Å². The molecule has 0 radical (unpaired) electrons. The summed E-state index contributed by atoms with van der Waals surface area (Å²) in [6.45, 7) is 0.500. The summed E-state index contributed by atoms with van der Waals surface area (Å²) >= 11 is 0. The van der Waals surface area contributed by atoms with Crippen molar-refractivity contribution in [2.45, 2.75) is 41.5 Å². The highest BCUT2D eigenvalue weighted by molar-refractivity contribution is 7.91. The predicted octanol–water partition coefficient (Wildman–Crippen LogP) is 3.51. The molecular weight excluding hydrogens is 425 g/mol. The lowest BCUT2D eigenvalue weighted by Crippen LogP contribution is -2.29. The Balaban J connectivity index is 1.87. The van der Waals surface area contributed by atoms with Gasteiger partial charge in [0.05, 0.1) is 11.5 Å². The third-order valence-electron chi connectivity index (χ3n) is 4.33. The molecule has 3 rings (SSSR count). The van der Waals surface area contributed by atoms with Gasteiger partial charge in [-0.15, -0.1) is 0 Å². The summed E-state index contributed by atoms with van der Waals surface area (Å²) in [5, 5.41) is 1.66. The van der Waals surface area contributed by atoms with Gasteiger partial charge in [0.25, 0.3) is 0 Å². The van der Waals surface area contributed by atoms with E-state index in [1.165, 1.54) is 18.2 Å². The van der Waals surface area contributed by atoms with Crippen molar-refractivity contribution in [2.75, 3.05) is 17.7 Å². The first-order valence-electron chi connectivity index (χ1n) is 8.98. The normalized spacial score (nSPS) is 17.4. The van der Waals surface area contributed by atoms with E-state index < -0.39 is 28.2 Å². The Morgan fingerprint density at radius 3 is 2.43 bits per heavy atom. The molecule has 1 aliphatic rings. The molecule has 0 aromatic heterocycles. The van der Waals surface area contributed by atoms with Gasteiger partial charge in [-0.25, -0.2) is 8.42 Å². The van der Waals surface area contributed by atoms with E-state index in [0.717, 1.165) is 37.1 Å². The van der Waals surface area contributed by atoms with Crippen LogP contribution in [0.2, 0.25) is 0 Å². The number of carbonyl (C=O) groups excluding carboxylic acids is 1. The molecule has 0 bridgehead atoms. The van der Waals surface area contributed by atoms with Gasteiger partial charge < -0.3 is 20.5 Å². The number of anilines is 2. The van der Waals surface area contributed by atoms with Gasteiger partial charge in [0.2, 0.25) is 9.84 Å². The Morgan fingerprint density at radius 1 is 1.13 bits per heavy atom. The molecule has 7 nitrogen and oxygen atoms in total. The van der Waals surface area contributed by atoms with Gasteiger partial charge in [0, 0.05) is 23.9 Å². The lowest BCUT2D eigenvalue weighted by Gasteiger charge is -2.24. The van der Waals surface area contributed by atoms with Crippen LogP contribution in [0.3, 0.4) is 0 Å². The molecule has 3 N–H and O–H groups in total. The molecule has 0 spiro atoms. The second kappa shape index (κ2) is 8.52. The van der Waals surface area contributed by atoms with Gasteiger partial charge in [-0.05, 0) is 49.2 Å². The summed E-state index contributed by atoms with van der Waals surface area (Å²) < 4.78 is 74.4. The second-order valence-electron chi connectivity index (χ2n) is 6.60. The number of halogens is 3. The van der Waals surface area contributed by atoms with Crippen molar-refractivity contribution in [1.29, 1.82) is 0 Å². The average molecular weight is 444 g/mol. The van der Waals surface area contributed by atoms with Crippen molar-refractivity contribution >= 4 is 27.1 Å². The monoisotopic (exact) mass is 444 g/mol. The highest BCUT2D eigenvalue weighted by Gasteiger charge is 2.38.